The zero-order chi connectivity index (χ0) is 56.5. The van der Waals surface area contributed by atoms with Crippen LogP contribution in [0.25, 0.3) is 99.1 Å². The summed E-state index contributed by atoms with van der Waals surface area (Å²) in [7, 11) is 0. The molecule has 14 aromatic rings. The van der Waals surface area contributed by atoms with Crippen molar-refractivity contribution in [1.82, 2.24) is 0 Å². The highest BCUT2D eigenvalue weighted by Crippen LogP contribution is 2.66. The molecule has 2 aromatic heterocycles. The molecule has 0 aliphatic heterocycles. The Morgan fingerprint density at radius 3 is 1.58 bits per heavy atom. The van der Waals surface area contributed by atoms with E-state index in [2.05, 4.69) is 300 Å². The summed E-state index contributed by atoms with van der Waals surface area (Å²) in [5.74, 6) is 1.36. The van der Waals surface area contributed by atoms with Crippen LogP contribution >= 0.6 is 0 Å². The second-order valence-electron chi connectivity index (χ2n) is 23.4. The number of rotatable bonds is 10. The zero-order valence-corrected chi connectivity index (χ0v) is 47.7. The summed E-state index contributed by atoms with van der Waals surface area (Å²) < 4.78 is 14.1. The standard InChI is InChI=1S/C80H60N2O2/c1-7-21-64-66-31-19-34-71(78(66)83-76(64)50(6)48(2)3)81(54-23-10-8-11-24-54)56-39-43-60-52(46-56)36-41-62-63-42-37-53-47-57(82(55-25-12-9-13-26-55)72-35-20-32-67-65-30-18-29-58(49(4)5)77(65)84-79(67)72)40-44-61(53)75(63)80(74(60)62)69-33-17-16-28-68(69)73-59-27-15-14-22-51(59)38-45-70(73)80/h7-49H,6H2,1-5H3/b21-7-. The molecule has 4 heteroatoms. The lowest BCUT2D eigenvalue weighted by Crippen LogP contribution is -2.26. The van der Waals surface area contributed by atoms with Gasteiger partial charge in [0.05, 0.1) is 16.8 Å². The quantitative estimate of drug-likeness (QED) is 0.137. The molecule has 0 amide bonds. The van der Waals surface area contributed by atoms with E-state index in [9.17, 15) is 0 Å². The van der Waals surface area contributed by atoms with E-state index < -0.39 is 5.41 Å². The van der Waals surface area contributed by atoms with Gasteiger partial charge in [0.25, 0.3) is 0 Å². The van der Waals surface area contributed by atoms with E-state index in [0.29, 0.717) is 5.92 Å². The van der Waals surface area contributed by atoms with Crippen molar-refractivity contribution in [1.29, 1.82) is 0 Å². The minimum absolute atomic E-state index is 0.214. The molecule has 1 spiro atoms. The first-order valence-corrected chi connectivity index (χ1v) is 29.5. The van der Waals surface area contributed by atoms with Crippen LogP contribution in [0.15, 0.2) is 258 Å². The summed E-state index contributed by atoms with van der Waals surface area (Å²) in [5.41, 5.74) is 21.7. The van der Waals surface area contributed by atoms with E-state index in [4.69, 9.17) is 8.83 Å². The number of para-hydroxylation sites is 5. The van der Waals surface area contributed by atoms with E-state index in [1.54, 1.807) is 0 Å². The molecular weight excluding hydrogens is 1020 g/mol. The first-order valence-electron chi connectivity index (χ1n) is 29.5. The molecule has 2 heterocycles. The number of nitrogens with zero attached hydrogens (tertiary/aromatic N) is 2. The van der Waals surface area contributed by atoms with Crippen LogP contribution in [-0.2, 0) is 5.41 Å². The van der Waals surface area contributed by atoms with E-state index in [-0.39, 0.29) is 5.92 Å². The van der Waals surface area contributed by atoms with E-state index in [1.807, 2.05) is 0 Å². The van der Waals surface area contributed by atoms with Crippen LogP contribution in [0, 0.1) is 5.92 Å². The van der Waals surface area contributed by atoms with Crippen LogP contribution < -0.4 is 9.80 Å². The van der Waals surface area contributed by atoms with Gasteiger partial charge in [0.15, 0.2) is 11.2 Å². The molecule has 2 aliphatic rings. The number of hydrogen-bond acceptors (Lipinski definition) is 4. The Bertz CT molecular complexity index is 5080. The van der Waals surface area contributed by atoms with Gasteiger partial charge in [0, 0.05) is 44.5 Å². The molecule has 1 atom stereocenters. The first-order chi connectivity index (χ1) is 41.2. The number of benzene rings is 12. The monoisotopic (exact) mass is 1080 g/mol. The molecule has 0 N–H and O–H groups in total. The number of furan rings is 2. The van der Waals surface area contributed by atoms with Gasteiger partial charge in [-0.2, -0.15) is 0 Å². The fraction of sp³-hybridized carbons (Fsp3) is 0.100. The Balaban J connectivity index is 0.936. The lowest BCUT2D eigenvalue weighted by Gasteiger charge is -2.33. The fourth-order valence-corrected chi connectivity index (χ4v) is 14.5. The topological polar surface area (TPSA) is 32.8 Å². The Labute approximate surface area is 489 Å². The average molecular weight is 1080 g/mol. The summed E-state index contributed by atoms with van der Waals surface area (Å²) in [6, 6.07) is 87.8. The van der Waals surface area contributed by atoms with Crippen LogP contribution in [0.4, 0.5) is 34.1 Å². The maximum Gasteiger partial charge on any atom is 0.159 e. The van der Waals surface area contributed by atoms with Crippen molar-refractivity contribution in [2.24, 2.45) is 5.92 Å². The predicted molar refractivity (Wildman–Crippen MR) is 354 cm³/mol. The Kier molecular flexibility index (Phi) is 11.2. The van der Waals surface area contributed by atoms with Crippen molar-refractivity contribution in [2.45, 2.75) is 46.0 Å². The number of anilines is 6. The average Bonchev–Trinajstić information content (AvgIpc) is 1.55. The molecule has 12 aromatic carbocycles. The molecule has 0 fully saturated rings. The maximum atomic E-state index is 7.04. The minimum Gasteiger partial charge on any atom is -0.454 e. The van der Waals surface area contributed by atoms with Gasteiger partial charge in [-0.15, -0.1) is 0 Å². The Morgan fingerprint density at radius 1 is 0.429 bits per heavy atom. The summed E-state index contributed by atoms with van der Waals surface area (Å²) in [6.07, 6.45) is 4.25. The molecule has 84 heavy (non-hydrogen) atoms. The van der Waals surface area contributed by atoms with Gasteiger partial charge in [0.2, 0.25) is 0 Å². The highest BCUT2D eigenvalue weighted by atomic mass is 16.3. The summed E-state index contributed by atoms with van der Waals surface area (Å²) in [5, 5.41) is 10.6. The summed E-state index contributed by atoms with van der Waals surface area (Å²) >= 11 is 0. The third kappa shape index (κ3) is 7.07. The van der Waals surface area contributed by atoms with E-state index >= 15 is 0 Å². The second-order valence-corrected chi connectivity index (χ2v) is 23.4. The smallest absolute Gasteiger partial charge is 0.159 e. The van der Waals surface area contributed by atoms with Crippen molar-refractivity contribution in [3.8, 4) is 22.3 Å². The normalized spacial score (nSPS) is 14.3. The zero-order valence-electron chi connectivity index (χ0n) is 47.7. The number of hydrogen-bond donors (Lipinski definition) is 0. The van der Waals surface area contributed by atoms with Crippen molar-refractivity contribution >= 4 is 111 Å². The molecule has 0 saturated carbocycles. The van der Waals surface area contributed by atoms with Gasteiger partial charge in [-0.1, -0.05) is 222 Å². The van der Waals surface area contributed by atoms with Gasteiger partial charge in [-0.05, 0) is 167 Å². The largest absolute Gasteiger partial charge is 0.454 e. The third-order valence-corrected chi connectivity index (χ3v) is 18.2. The Morgan fingerprint density at radius 2 is 0.964 bits per heavy atom. The fourth-order valence-electron chi connectivity index (χ4n) is 14.5. The number of allylic oxidation sites excluding steroid dienone is 2. The van der Waals surface area contributed by atoms with Gasteiger partial charge >= 0.3 is 0 Å². The second kappa shape index (κ2) is 19.0. The highest BCUT2D eigenvalue weighted by Gasteiger charge is 2.53. The van der Waals surface area contributed by atoms with E-state index in [0.717, 1.165) is 89.3 Å². The van der Waals surface area contributed by atoms with Crippen molar-refractivity contribution < 1.29 is 8.83 Å². The molecule has 0 radical (unpaired) electrons. The van der Waals surface area contributed by atoms with Gasteiger partial charge in [-0.3, -0.25) is 0 Å². The van der Waals surface area contributed by atoms with Crippen molar-refractivity contribution in [3.63, 3.8) is 0 Å². The minimum atomic E-state index is -0.674. The van der Waals surface area contributed by atoms with Crippen molar-refractivity contribution in [2.75, 3.05) is 9.80 Å². The highest BCUT2D eigenvalue weighted by molar-refractivity contribution is 6.15. The summed E-state index contributed by atoms with van der Waals surface area (Å²) in [6.45, 7) is 15.4. The molecule has 0 saturated heterocycles. The molecule has 4 nitrogen and oxygen atoms in total. The molecule has 0 bridgehead atoms. The van der Waals surface area contributed by atoms with Crippen LogP contribution in [-0.4, -0.2) is 0 Å². The number of fused-ring (bicyclic) bond motifs is 20. The van der Waals surface area contributed by atoms with Crippen molar-refractivity contribution in [3.05, 3.63) is 288 Å². The van der Waals surface area contributed by atoms with Gasteiger partial charge in [-0.25, -0.2) is 0 Å². The molecule has 2 aliphatic carbocycles. The van der Waals surface area contributed by atoms with Crippen LogP contribution in [0.2, 0.25) is 0 Å². The molecule has 402 valence electrons. The van der Waals surface area contributed by atoms with Gasteiger partial charge < -0.3 is 18.6 Å². The Hall–Kier alpha value is -10.2. The lowest BCUT2D eigenvalue weighted by molar-refractivity contribution is 0.588. The molecule has 16 rings (SSSR count). The van der Waals surface area contributed by atoms with Crippen LogP contribution in [0.3, 0.4) is 0 Å². The van der Waals surface area contributed by atoms with Gasteiger partial charge in [0.1, 0.15) is 11.3 Å². The lowest BCUT2D eigenvalue weighted by atomic mass is 9.68. The van der Waals surface area contributed by atoms with E-state index in [1.165, 1.54) is 77.0 Å². The SMILES string of the molecule is C=C(c1oc2c(N(c3ccccc3)c3ccc4c5c(ccc4c3)-c3ccc4cc(N(c6ccccc6)c6cccc7c6oc6c(C(C)C)cccc67)ccc4c3C53c4ccccc4-c4c3ccc3ccccc43)cccc2c1/C=C\C)C(C)C. The van der Waals surface area contributed by atoms with Crippen LogP contribution in [0.1, 0.15) is 79.7 Å². The van der Waals surface area contributed by atoms with Crippen LogP contribution in [0.5, 0.6) is 0 Å². The molecular formula is C80H60N2O2. The third-order valence-electron chi connectivity index (χ3n) is 18.2. The predicted octanol–water partition coefficient (Wildman–Crippen LogP) is 22.9. The molecule has 1 unspecified atom stereocenters. The summed E-state index contributed by atoms with van der Waals surface area (Å²) in [4.78, 5) is 4.74. The first kappa shape index (κ1) is 49.6. The maximum absolute atomic E-state index is 7.04.